The van der Waals surface area contributed by atoms with Gasteiger partial charge in [0.25, 0.3) is 0 Å². The summed E-state index contributed by atoms with van der Waals surface area (Å²) in [6.07, 6.45) is -8.30. The van der Waals surface area contributed by atoms with Crippen molar-refractivity contribution in [3.63, 3.8) is 0 Å². The molecule has 0 radical (unpaired) electrons. The number of sulfone groups is 1. The zero-order valence-electron chi connectivity index (χ0n) is 23.4. The number of aromatic nitrogens is 2. The molecule has 0 aliphatic carbocycles. The average molecular weight is 650 g/mol. The van der Waals surface area contributed by atoms with Gasteiger partial charge in [-0.25, -0.2) is 18.2 Å². The van der Waals surface area contributed by atoms with Gasteiger partial charge in [-0.1, -0.05) is 54.6 Å². The Morgan fingerprint density at radius 2 is 1.36 bits per heavy atom. The van der Waals surface area contributed by atoms with Crippen molar-refractivity contribution in [2.75, 3.05) is 6.26 Å². The number of aromatic amines is 1. The van der Waals surface area contributed by atoms with E-state index in [0.29, 0.717) is 34.8 Å². The van der Waals surface area contributed by atoms with Crippen LogP contribution in [0.2, 0.25) is 0 Å². The first kappa shape index (κ1) is 33.2. The summed E-state index contributed by atoms with van der Waals surface area (Å²) in [5.74, 6) is -2.25. The minimum Gasteiger partial charge on any atom is -0.475 e. The van der Waals surface area contributed by atoms with Crippen LogP contribution in [-0.2, 0) is 33.9 Å². The lowest BCUT2D eigenvalue weighted by atomic mass is 10.0. The van der Waals surface area contributed by atoms with Crippen LogP contribution in [0.3, 0.4) is 0 Å². The maximum Gasteiger partial charge on any atom is 0.490 e. The number of aliphatic carboxylic acids is 1. The summed E-state index contributed by atoms with van der Waals surface area (Å²) < 4.78 is 94.1. The highest BCUT2D eigenvalue weighted by Gasteiger charge is 2.38. The van der Waals surface area contributed by atoms with Gasteiger partial charge in [-0.05, 0) is 58.7 Å². The van der Waals surface area contributed by atoms with E-state index in [1.807, 2.05) is 48.5 Å². The first-order chi connectivity index (χ1) is 21.0. The van der Waals surface area contributed by atoms with Gasteiger partial charge in [0, 0.05) is 24.9 Å². The Bertz CT molecular complexity index is 1900. The number of nitrogens with zero attached hydrogens (tertiary/aromatic N) is 1. The van der Waals surface area contributed by atoms with Gasteiger partial charge in [-0.3, -0.25) is 0 Å². The van der Waals surface area contributed by atoms with E-state index in [-0.39, 0.29) is 0 Å². The van der Waals surface area contributed by atoms with Crippen LogP contribution < -0.4 is 5.32 Å². The highest BCUT2D eigenvalue weighted by Crippen LogP contribution is 2.32. The molecule has 0 amide bonds. The van der Waals surface area contributed by atoms with Gasteiger partial charge in [0.2, 0.25) is 0 Å². The fourth-order valence-corrected chi connectivity index (χ4v) is 4.82. The minimum atomic E-state index is -5.08. The maximum absolute atomic E-state index is 13.1. The second-order valence-electron chi connectivity index (χ2n) is 9.92. The Morgan fingerprint density at radius 1 is 0.800 bits per heavy atom. The molecule has 7 nitrogen and oxygen atoms in total. The van der Waals surface area contributed by atoms with Crippen molar-refractivity contribution in [3.05, 3.63) is 108 Å². The summed E-state index contributed by atoms with van der Waals surface area (Å²) in [7, 11) is -3.20. The molecule has 0 saturated heterocycles. The fourth-order valence-electron chi connectivity index (χ4n) is 4.19. The van der Waals surface area contributed by atoms with E-state index in [0.717, 1.165) is 39.9 Å². The predicted octanol–water partition coefficient (Wildman–Crippen LogP) is 7.24. The molecule has 45 heavy (non-hydrogen) atoms. The van der Waals surface area contributed by atoms with E-state index in [1.54, 1.807) is 24.3 Å². The van der Waals surface area contributed by atoms with E-state index in [9.17, 15) is 34.8 Å². The molecule has 0 unspecified atom stereocenters. The number of fused-ring (bicyclic) bond motifs is 1. The van der Waals surface area contributed by atoms with Gasteiger partial charge >= 0.3 is 18.3 Å². The molecule has 0 fully saturated rings. The van der Waals surface area contributed by atoms with E-state index < -0.39 is 33.7 Å². The normalized spacial score (nSPS) is 12.1. The number of benzene rings is 4. The van der Waals surface area contributed by atoms with Crippen LogP contribution in [0.1, 0.15) is 16.7 Å². The molecule has 0 aliphatic heterocycles. The molecule has 5 aromatic rings. The molecule has 0 aliphatic rings. The van der Waals surface area contributed by atoms with Crippen LogP contribution in [0.5, 0.6) is 0 Å². The predicted molar refractivity (Wildman–Crippen MR) is 156 cm³/mol. The molecule has 1 aromatic heterocycles. The first-order valence-electron chi connectivity index (χ1n) is 13.1. The third kappa shape index (κ3) is 8.92. The number of hydrogen-bond acceptors (Lipinski definition) is 5. The summed E-state index contributed by atoms with van der Waals surface area (Å²) in [5, 5.41) is 10.5. The van der Waals surface area contributed by atoms with Crippen LogP contribution in [0, 0.1) is 0 Å². The van der Waals surface area contributed by atoms with Crippen LogP contribution in [0.15, 0.2) is 95.9 Å². The zero-order chi connectivity index (χ0) is 33.0. The van der Waals surface area contributed by atoms with Gasteiger partial charge in [-0.2, -0.15) is 26.3 Å². The maximum atomic E-state index is 13.1. The molecule has 3 N–H and O–H groups in total. The Labute approximate surface area is 253 Å². The smallest absolute Gasteiger partial charge is 0.475 e. The lowest BCUT2D eigenvalue weighted by molar-refractivity contribution is -0.192. The van der Waals surface area contributed by atoms with E-state index in [2.05, 4.69) is 15.3 Å². The number of H-pyrrole nitrogens is 1. The summed E-state index contributed by atoms with van der Waals surface area (Å²) in [5.41, 5.74) is 4.92. The molecular formula is C31H25F6N3O4S. The summed E-state index contributed by atoms with van der Waals surface area (Å²) in [4.78, 5) is 16.7. The standard InChI is InChI=1S/C29H24F3N3O2S.C2HF3O2/c1-38(36,37)25-12-7-20(8-13-25)18-33-17-19-5-9-21(10-6-19)22-3-2-4-23(15-22)28-34-26-14-11-24(29(30,31)32)16-27(26)35-28;3-2(4,5)1(6)7/h2-16,33H,17-18H2,1H3,(H,34,35);(H,6,7). The van der Waals surface area contributed by atoms with Gasteiger partial charge < -0.3 is 15.4 Å². The van der Waals surface area contributed by atoms with Crippen molar-refractivity contribution in [2.45, 2.75) is 30.3 Å². The summed E-state index contributed by atoms with van der Waals surface area (Å²) in [6.45, 7) is 1.25. The van der Waals surface area contributed by atoms with Crippen molar-refractivity contribution in [1.29, 1.82) is 0 Å². The van der Waals surface area contributed by atoms with Crippen molar-refractivity contribution in [2.24, 2.45) is 0 Å². The third-order valence-electron chi connectivity index (χ3n) is 6.48. The van der Waals surface area contributed by atoms with Crippen LogP contribution >= 0.6 is 0 Å². The lowest BCUT2D eigenvalue weighted by Gasteiger charge is -2.08. The first-order valence-corrected chi connectivity index (χ1v) is 15.0. The van der Waals surface area contributed by atoms with Crippen molar-refractivity contribution in [1.82, 2.24) is 15.3 Å². The summed E-state index contributed by atoms with van der Waals surface area (Å²) >= 11 is 0. The Kier molecular flexibility index (Phi) is 9.68. The summed E-state index contributed by atoms with van der Waals surface area (Å²) in [6, 6.07) is 26.1. The highest BCUT2D eigenvalue weighted by atomic mass is 32.2. The lowest BCUT2D eigenvalue weighted by Crippen LogP contribution is -2.21. The van der Waals surface area contributed by atoms with Crippen molar-refractivity contribution in [3.8, 4) is 22.5 Å². The molecule has 0 atom stereocenters. The van der Waals surface area contributed by atoms with E-state index in [1.165, 1.54) is 12.3 Å². The Morgan fingerprint density at radius 3 is 1.89 bits per heavy atom. The largest absolute Gasteiger partial charge is 0.490 e. The zero-order valence-corrected chi connectivity index (χ0v) is 24.2. The molecule has 4 aromatic carbocycles. The number of rotatable bonds is 7. The minimum absolute atomic E-state index is 0.303. The van der Waals surface area contributed by atoms with Gasteiger partial charge in [0.15, 0.2) is 9.84 Å². The SMILES string of the molecule is CS(=O)(=O)c1ccc(CNCc2ccc(-c3cccc(-c4nc5ccc(C(F)(F)F)cc5[nH]4)c3)cc2)cc1.O=C(O)C(F)(F)F. The Balaban J connectivity index is 0.000000591. The molecule has 5 rings (SSSR count). The molecule has 0 saturated carbocycles. The third-order valence-corrected chi connectivity index (χ3v) is 7.61. The molecule has 1 heterocycles. The average Bonchev–Trinajstić information content (AvgIpc) is 3.41. The number of imidazole rings is 1. The quantitative estimate of drug-likeness (QED) is 0.160. The van der Waals surface area contributed by atoms with Crippen LogP contribution in [0.4, 0.5) is 26.3 Å². The molecule has 0 spiro atoms. The van der Waals surface area contributed by atoms with Gasteiger partial charge in [0.1, 0.15) is 5.82 Å². The number of hydrogen-bond donors (Lipinski definition) is 3. The second-order valence-corrected chi connectivity index (χ2v) is 11.9. The van der Waals surface area contributed by atoms with E-state index >= 15 is 0 Å². The molecule has 14 heteroatoms. The Hall–Kier alpha value is -4.69. The number of alkyl halides is 6. The molecule has 236 valence electrons. The highest BCUT2D eigenvalue weighted by molar-refractivity contribution is 7.90. The fraction of sp³-hybridized carbons (Fsp3) is 0.161. The molecule has 0 bridgehead atoms. The molecular weight excluding hydrogens is 624 g/mol. The van der Waals surface area contributed by atoms with Gasteiger partial charge in [0.05, 0.1) is 21.5 Å². The number of carboxylic acids is 1. The van der Waals surface area contributed by atoms with Crippen molar-refractivity contribution < 1.29 is 44.7 Å². The van der Waals surface area contributed by atoms with Crippen molar-refractivity contribution >= 4 is 26.8 Å². The number of halogens is 6. The topological polar surface area (TPSA) is 112 Å². The number of carbonyl (C=O) groups is 1. The van der Waals surface area contributed by atoms with Crippen LogP contribution in [-0.4, -0.2) is 41.9 Å². The van der Waals surface area contributed by atoms with Gasteiger partial charge in [-0.15, -0.1) is 0 Å². The monoisotopic (exact) mass is 649 g/mol. The number of nitrogens with one attached hydrogen (secondary N) is 2. The van der Waals surface area contributed by atoms with E-state index in [4.69, 9.17) is 9.90 Å². The van der Waals surface area contributed by atoms with Crippen LogP contribution in [0.25, 0.3) is 33.5 Å². The number of carboxylic acid groups (broad SMARTS) is 1. The second kappa shape index (κ2) is 13.1.